The van der Waals surface area contributed by atoms with Gasteiger partial charge in [0.2, 0.25) is 5.91 Å². The highest BCUT2D eigenvalue weighted by molar-refractivity contribution is 7.98. The Hall–Kier alpha value is -2.29. The molecule has 29 heavy (non-hydrogen) atoms. The predicted octanol–water partition coefficient (Wildman–Crippen LogP) is 2.75. The Bertz CT molecular complexity index is 786. The maximum absolute atomic E-state index is 12.6. The van der Waals surface area contributed by atoms with Crippen molar-refractivity contribution < 1.29 is 14.0 Å². The van der Waals surface area contributed by atoms with Crippen molar-refractivity contribution in [3.8, 4) is 0 Å². The minimum Gasteiger partial charge on any atom is -0.459 e. The van der Waals surface area contributed by atoms with E-state index in [0.717, 1.165) is 30.4 Å². The second kappa shape index (κ2) is 11.0. The molecule has 1 unspecified atom stereocenters. The molecule has 0 aliphatic heterocycles. The number of hydrogen-bond donors (Lipinski definition) is 2. The molecule has 0 saturated carbocycles. The fourth-order valence-electron chi connectivity index (χ4n) is 2.93. The second-order valence-electron chi connectivity index (χ2n) is 7.67. The van der Waals surface area contributed by atoms with Crippen LogP contribution in [0.4, 0.5) is 0 Å². The summed E-state index contributed by atoms with van der Waals surface area (Å²) in [6.45, 7) is 9.49. The smallest absolute Gasteiger partial charge is 0.287 e. The summed E-state index contributed by atoms with van der Waals surface area (Å²) < 4.78 is 7.24. The SMILES string of the molecule is CSc1nnc(CCCNC(=O)C(NC(=O)c2ccco2)C(C)C)n1CC(C)C. The Kier molecular flexibility index (Phi) is 8.75. The first kappa shape index (κ1) is 23.0. The topological polar surface area (TPSA) is 102 Å². The van der Waals surface area contributed by atoms with Crippen LogP contribution in [0.5, 0.6) is 0 Å². The zero-order valence-corrected chi connectivity index (χ0v) is 18.6. The summed E-state index contributed by atoms with van der Waals surface area (Å²) in [5.41, 5.74) is 0. The van der Waals surface area contributed by atoms with Gasteiger partial charge in [0, 0.05) is 19.5 Å². The van der Waals surface area contributed by atoms with Gasteiger partial charge in [0.05, 0.1) is 6.26 Å². The van der Waals surface area contributed by atoms with Gasteiger partial charge >= 0.3 is 0 Å². The van der Waals surface area contributed by atoms with Crippen LogP contribution in [0, 0.1) is 11.8 Å². The van der Waals surface area contributed by atoms with Gasteiger partial charge in [0.1, 0.15) is 11.9 Å². The van der Waals surface area contributed by atoms with Gasteiger partial charge in [-0.1, -0.05) is 39.5 Å². The van der Waals surface area contributed by atoms with Crippen molar-refractivity contribution in [2.45, 2.75) is 58.3 Å². The molecule has 160 valence electrons. The van der Waals surface area contributed by atoms with Gasteiger partial charge in [0.15, 0.2) is 10.9 Å². The predicted molar refractivity (Wildman–Crippen MR) is 113 cm³/mol. The highest BCUT2D eigenvalue weighted by atomic mass is 32.2. The van der Waals surface area contributed by atoms with E-state index < -0.39 is 11.9 Å². The summed E-state index contributed by atoms with van der Waals surface area (Å²) in [4.78, 5) is 24.8. The molecule has 2 aromatic heterocycles. The van der Waals surface area contributed by atoms with Crippen molar-refractivity contribution in [3.05, 3.63) is 30.0 Å². The fraction of sp³-hybridized carbons (Fsp3) is 0.600. The fourth-order valence-corrected chi connectivity index (χ4v) is 3.45. The van der Waals surface area contributed by atoms with Crippen LogP contribution in [0.15, 0.2) is 28.0 Å². The summed E-state index contributed by atoms with van der Waals surface area (Å²) in [6.07, 6.45) is 4.90. The summed E-state index contributed by atoms with van der Waals surface area (Å²) >= 11 is 1.59. The van der Waals surface area contributed by atoms with E-state index in [-0.39, 0.29) is 17.6 Å². The number of aromatic nitrogens is 3. The molecule has 2 amide bonds. The maximum Gasteiger partial charge on any atom is 0.287 e. The lowest BCUT2D eigenvalue weighted by molar-refractivity contribution is -0.123. The van der Waals surface area contributed by atoms with Crippen LogP contribution < -0.4 is 10.6 Å². The Morgan fingerprint density at radius 2 is 2.00 bits per heavy atom. The lowest BCUT2D eigenvalue weighted by Crippen LogP contribution is -2.49. The van der Waals surface area contributed by atoms with Crippen LogP contribution >= 0.6 is 11.8 Å². The average Bonchev–Trinajstić information content (AvgIpc) is 3.32. The van der Waals surface area contributed by atoms with E-state index in [9.17, 15) is 9.59 Å². The normalized spacial score (nSPS) is 12.4. The molecular formula is C20H31N5O3S. The first-order valence-electron chi connectivity index (χ1n) is 9.91. The summed E-state index contributed by atoms with van der Waals surface area (Å²) in [5, 5.41) is 15.1. The van der Waals surface area contributed by atoms with E-state index in [4.69, 9.17) is 4.42 Å². The Labute approximate surface area is 176 Å². The third-order valence-electron chi connectivity index (χ3n) is 4.38. The number of rotatable bonds is 11. The highest BCUT2D eigenvalue weighted by Gasteiger charge is 2.25. The zero-order valence-electron chi connectivity index (χ0n) is 17.8. The number of hydrogen-bond acceptors (Lipinski definition) is 6. The van der Waals surface area contributed by atoms with Gasteiger partial charge in [-0.05, 0) is 36.6 Å². The lowest BCUT2D eigenvalue weighted by Gasteiger charge is -2.21. The van der Waals surface area contributed by atoms with Gasteiger partial charge in [-0.2, -0.15) is 0 Å². The second-order valence-corrected chi connectivity index (χ2v) is 8.45. The molecule has 0 aliphatic rings. The van der Waals surface area contributed by atoms with E-state index in [1.807, 2.05) is 20.1 Å². The van der Waals surface area contributed by atoms with E-state index in [0.29, 0.717) is 12.5 Å². The Morgan fingerprint density at radius 3 is 2.59 bits per heavy atom. The lowest BCUT2D eigenvalue weighted by atomic mass is 10.0. The number of nitrogens with zero attached hydrogens (tertiary/aromatic N) is 3. The quantitative estimate of drug-likeness (QED) is 0.427. The molecule has 2 heterocycles. The van der Waals surface area contributed by atoms with E-state index in [2.05, 4.69) is 39.2 Å². The van der Waals surface area contributed by atoms with Crippen molar-refractivity contribution in [3.63, 3.8) is 0 Å². The van der Waals surface area contributed by atoms with E-state index in [1.54, 1.807) is 23.9 Å². The highest BCUT2D eigenvalue weighted by Crippen LogP contribution is 2.16. The van der Waals surface area contributed by atoms with Crippen molar-refractivity contribution in [2.75, 3.05) is 12.8 Å². The molecule has 0 spiro atoms. The molecule has 0 aromatic carbocycles. The molecule has 0 aliphatic carbocycles. The minimum absolute atomic E-state index is 0.0489. The molecule has 2 aromatic rings. The van der Waals surface area contributed by atoms with Crippen molar-refractivity contribution in [1.29, 1.82) is 0 Å². The first-order chi connectivity index (χ1) is 13.8. The van der Waals surface area contributed by atoms with Gasteiger partial charge in [-0.25, -0.2) is 0 Å². The van der Waals surface area contributed by atoms with Gasteiger partial charge in [-0.15, -0.1) is 10.2 Å². The molecule has 8 nitrogen and oxygen atoms in total. The third kappa shape index (κ3) is 6.62. The van der Waals surface area contributed by atoms with Crippen LogP contribution in [-0.4, -0.2) is 45.4 Å². The molecular weight excluding hydrogens is 390 g/mol. The molecule has 2 rings (SSSR count). The molecule has 0 fully saturated rings. The number of thioether (sulfide) groups is 1. The molecule has 2 N–H and O–H groups in total. The van der Waals surface area contributed by atoms with Crippen molar-refractivity contribution >= 4 is 23.6 Å². The number of furan rings is 1. The number of carbonyl (C=O) groups excluding carboxylic acids is 2. The largest absolute Gasteiger partial charge is 0.459 e. The number of amides is 2. The molecule has 9 heteroatoms. The summed E-state index contributed by atoms with van der Waals surface area (Å²) in [5.74, 6) is 0.983. The Morgan fingerprint density at radius 1 is 1.24 bits per heavy atom. The average molecular weight is 422 g/mol. The zero-order chi connectivity index (χ0) is 21.4. The van der Waals surface area contributed by atoms with Crippen LogP contribution in [0.2, 0.25) is 0 Å². The van der Waals surface area contributed by atoms with Crippen LogP contribution in [0.1, 0.15) is 50.5 Å². The van der Waals surface area contributed by atoms with Gasteiger partial charge in [-0.3, -0.25) is 9.59 Å². The molecule has 1 atom stereocenters. The monoisotopic (exact) mass is 421 g/mol. The van der Waals surface area contributed by atoms with Crippen molar-refractivity contribution in [2.24, 2.45) is 11.8 Å². The molecule has 0 saturated heterocycles. The Balaban J connectivity index is 1.86. The number of carbonyl (C=O) groups is 2. The number of nitrogens with one attached hydrogen (secondary N) is 2. The minimum atomic E-state index is -0.625. The molecule has 0 bridgehead atoms. The standard InChI is InChI=1S/C20H31N5O3S/c1-13(2)12-25-16(23-24-20(25)29-5)9-6-10-21-19(27)17(14(3)4)22-18(26)15-8-7-11-28-15/h7-8,11,13-14,17H,6,9-10,12H2,1-5H3,(H,21,27)(H,22,26). The van der Waals surface area contributed by atoms with Gasteiger partial charge < -0.3 is 19.6 Å². The van der Waals surface area contributed by atoms with Crippen LogP contribution in [0.25, 0.3) is 0 Å². The number of aryl methyl sites for hydroxylation is 1. The van der Waals surface area contributed by atoms with Crippen LogP contribution in [-0.2, 0) is 17.8 Å². The third-order valence-corrected chi connectivity index (χ3v) is 5.05. The maximum atomic E-state index is 12.6. The summed E-state index contributed by atoms with van der Waals surface area (Å²) in [7, 11) is 0. The van der Waals surface area contributed by atoms with E-state index in [1.165, 1.54) is 6.26 Å². The molecule has 0 radical (unpaired) electrons. The summed E-state index contributed by atoms with van der Waals surface area (Å²) in [6, 6.07) is 2.58. The van der Waals surface area contributed by atoms with E-state index >= 15 is 0 Å². The first-order valence-corrected chi connectivity index (χ1v) is 11.1. The van der Waals surface area contributed by atoms with Crippen LogP contribution in [0.3, 0.4) is 0 Å². The van der Waals surface area contributed by atoms with Gasteiger partial charge in [0.25, 0.3) is 5.91 Å². The van der Waals surface area contributed by atoms with Crippen molar-refractivity contribution in [1.82, 2.24) is 25.4 Å².